The van der Waals surface area contributed by atoms with Gasteiger partial charge in [0.1, 0.15) is 9.96 Å². The van der Waals surface area contributed by atoms with Crippen LogP contribution in [0.5, 0.6) is 5.75 Å². The van der Waals surface area contributed by atoms with Crippen molar-refractivity contribution >= 4 is 33.0 Å². The van der Waals surface area contributed by atoms with Crippen LogP contribution in [-0.4, -0.2) is 62.9 Å². The zero-order valence-corrected chi connectivity index (χ0v) is 16.9. The number of nitrogens with zero attached hydrogens (tertiary/aromatic N) is 2. The van der Waals surface area contributed by atoms with Crippen LogP contribution in [0.3, 0.4) is 0 Å². The number of piperazine rings is 1. The Morgan fingerprint density at radius 2 is 1.85 bits per heavy atom. The van der Waals surface area contributed by atoms with Crippen molar-refractivity contribution in [1.29, 1.82) is 0 Å². The topological polar surface area (TPSA) is 79.0 Å². The van der Waals surface area contributed by atoms with Gasteiger partial charge in [-0.1, -0.05) is 18.2 Å². The van der Waals surface area contributed by atoms with Crippen LogP contribution in [0.1, 0.15) is 6.92 Å². The van der Waals surface area contributed by atoms with Crippen LogP contribution in [0.25, 0.3) is 0 Å². The Bertz CT molecular complexity index is 876. The molecule has 9 heteroatoms. The summed E-state index contributed by atoms with van der Waals surface area (Å²) in [7, 11) is -1.88. The van der Waals surface area contributed by atoms with Crippen LogP contribution in [-0.2, 0) is 14.8 Å². The fraction of sp³-hybridized carbons (Fsp3) is 0.389. The van der Waals surface area contributed by atoms with E-state index in [1.165, 1.54) is 15.6 Å². The molecule has 1 aromatic carbocycles. The minimum absolute atomic E-state index is 0.144. The van der Waals surface area contributed by atoms with Gasteiger partial charge in [-0.15, -0.1) is 11.3 Å². The van der Waals surface area contributed by atoms with Crippen LogP contribution >= 0.6 is 11.3 Å². The third kappa shape index (κ3) is 4.32. The largest absolute Gasteiger partial charge is 0.495 e. The van der Waals surface area contributed by atoms with E-state index in [2.05, 4.69) is 5.32 Å². The summed E-state index contributed by atoms with van der Waals surface area (Å²) in [4.78, 5) is 14.6. The van der Waals surface area contributed by atoms with Gasteiger partial charge in [0.25, 0.3) is 10.0 Å². The Balaban J connectivity index is 1.60. The summed E-state index contributed by atoms with van der Waals surface area (Å²) in [5, 5.41) is 4.64. The number of rotatable bonds is 6. The summed E-state index contributed by atoms with van der Waals surface area (Å²) < 4.78 is 32.3. The highest BCUT2D eigenvalue weighted by Crippen LogP contribution is 2.25. The number of benzene rings is 1. The van der Waals surface area contributed by atoms with E-state index in [4.69, 9.17) is 4.74 Å². The molecular formula is C18H23N3O4S2. The second-order valence-electron chi connectivity index (χ2n) is 6.24. The average molecular weight is 410 g/mol. The number of hydrogen-bond donors (Lipinski definition) is 1. The van der Waals surface area contributed by atoms with E-state index in [1.54, 1.807) is 36.8 Å². The van der Waals surface area contributed by atoms with Gasteiger partial charge in [-0.2, -0.15) is 4.31 Å². The van der Waals surface area contributed by atoms with Gasteiger partial charge in [-0.25, -0.2) is 8.42 Å². The molecular weight excluding hydrogens is 386 g/mol. The molecule has 1 N–H and O–H groups in total. The van der Waals surface area contributed by atoms with Crippen molar-refractivity contribution in [2.45, 2.75) is 17.2 Å². The minimum Gasteiger partial charge on any atom is -0.495 e. The number of nitrogens with one attached hydrogen (secondary N) is 1. The van der Waals surface area contributed by atoms with E-state index in [0.717, 1.165) is 0 Å². The fourth-order valence-electron chi connectivity index (χ4n) is 3.02. The zero-order chi connectivity index (χ0) is 19.4. The summed E-state index contributed by atoms with van der Waals surface area (Å²) in [6.07, 6.45) is 0. The number of sulfonamides is 1. The van der Waals surface area contributed by atoms with Gasteiger partial charge in [0.05, 0.1) is 18.8 Å². The Morgan fingerprint density at radius 3 is 2.48 bits per heavy atom. The number of carbonyl (C=O) groups excluding carboxylic acids is 1. The minimum atomic E-state index is -3.44. The third-order valence-corrected chi connectivity index (χ3v) is 7.93. The van der Waals surface area contributed by atoms with E-state index < -0.39 is 10.0 Å². The van der Waals surface area contributed by atoms with Crippen molar-refractivity contribution in [3.8, 4) is 5.75 Å². The SMILES string of the molecule is COc1ccccc1NC(=O)[C@@H](C)N1CCN(S(=O)(=O)c2cccs2)CC1. The summed E-state index contributed by atoms with van der Waals surface area (Å²) in [6.45, 7) is 3.57. The van der Waals surface area contributed by atoms with E-state index >= 15 is 0 Å². The molecule has 0 unspecified atom stereocenters. The zero-order valence-electron chi connectivity index (χ0n) is 15.3. The maximum Gasteiger partial charge on any atom is 0.252 e. The van der Waals surface area contributed by atoms with E-state index in [9.17, 15) is 13.2 Å². The average Bonchev–Trinajstić information content (AvgIpc) is 3.23. The summed E-state index contributed by atoms with van der Waals surface area (Å²) in [5.41, 5.74) is 0.621. The summed E-state index contributed by atoms with van der Waals surface area (Å²) in [5.74, 6) is 0.457. The van der Waals surface area contributed by atoms with Gasteiger partial charge in [0.15, 0.2) is 0 Å². The maximum absolute atomic E-state index is 12.6. The normalized spacial score (nSPS) is 17.4. The number of thiophene rings is 1. The number of ether oxygens (including phenoxy) is 1. The lowest BCUT2D eigenvalue weighted by atomic mass is 10.2. The Hall–Kier alpha value is -1.94. The first-order valence-corrected chi connectivity index (χ1v) is 11.0. The number of amides is 1. The van der Waals surface area contributed by atoms with Crippen LogP contribution in [0.15, 0.2) is 46.0 Å². The first-order chi connectivity index (χ1) is 12.9. The first kappa shape index (κ1) is 19.8. The fourth-order valence-corrected chi connectivity index (χ4v) is 5.59. The Morgan fingerprint density at radius 1 is 1.15 bits per heavy atom. The van der Waals surface area contributed by atoms with E-state index in [-0.39, 0.29) is 11.9 Å². The molecule has 1 amide bonds. The molecule has 0 radical (unpaired) electrons. The monoisotopic (exact) mass is 409 g/mol. The number of para-hydroxylation sites is 2. The molecule has 7 nitrogen and oxygen atoms in total. The molecule has 1 aromatic heterocycles. The van der Waals surface area contributed by atoms with Crippen LogP contribution in [0.4, 0.5) is 5.69 Å². The van der Waals surface area contributed by atoms with Crippen LogP contribution in [0.2, 0.25) is 0 Å². The van der Waals surface area contributed by atoms with Gasteiger partial charge in [0, 0.05) is 26.2 Å². The lowest BCUT2D eigenvalue weighted by Crippen LogP contribution is -2.53. The molecule has 3 rings (SSSR count). The second-order valence-corrected chi connectivity index (χ2v) is 9.35. The summed E-state index contributed by atoms with van der Waals surface area (Å²) >= 11 is 1.22. The number of hydrogen-bond acceptors (Lipinski definition) is 6. The molecule has 146 valence electrons. The highest BCUT2D eigenvalue weighted by Gasteiger charge is 2.32. The molecule has 0 saturated carbocycles. The van der Waals surface area contributed by atoms with Gasteiger partial charge in [-0.05, 0) is 30.5 Å². The highest BCUT2D eigenvalue weighted by atomic mass is 32.2. The molecule has 1 aliphatic heterocycles. The lowest BCUT2D eigenvalue weighted by Gasteiger charge is -2.36. The maximum atomic E-state index is 12.6. The standard InChI is InChI=1S/C18H23N3O4S2/c1-14(18(22)19-15-6-3-4-7-16(15)25-2)20-9-11-21(12-10-20)27(23,24)17-8-5-13-26-17/h3-8,13-14H,9-12H2,1-2H3,(H,19,22)/t14-/m1/s1. The molecule has 2 heterocycles. The number of carbonyl (C=O) groups is 1. The molecule has 0 spiro atoms. The van der Waals surface area contributed by atoms with E-state index in [0.29, 0.717) is 41.8 Å². The van der Waals surface area contributed by atoms with Crippen LogP contribution < -0.4 is 10.1 Å². The number of anilines is 1. The van der Waals surface area contributed by atoms with Gasteiger partial charge < -0.3 is 10.1 Å². The molecule has 1 saturated heterocycles. The lowest BCUT2D eigenvalue weighted by molar-refractivity contribution is -0.121. The molecule has 27 heavy (non-hydrogen) atoms. The smallest absolute Gasteiger partial charge is 0.252 e. The molecule has 0 bridgehead atoms. The van der Waals surface area contributed by atoms with Crippen molar-refractivity contribution in [3.63, 3.8) is 0 Å². The number of methoxy groups -OCH3 is 1. The van der Waals surface area contributed by atoms with E-state index in [1.807, 2.05) is 24.0 Å². The second kappa shape index (κ2) is 8.39. The Kier molecular flexibility index (Phi) is 6.15. The van der Waals surface area contributed by atoms with Crippen molar-refractivity contribution in [1.82, 2.24) is 9.21 Å². The predicted octanol–water partition coefficient (Wildman–Crippen LogP) is 2.09. The van der Waals surface area contributed by atoms with Crippen molar-refractivity contribution in [2.24, 2.45) is 0 Å². The highest BCUT2D eigenvalue weighted by molar-refractivity contribution is 7.91. The molecule has 1 fully saturated rings. The Labute approximate surface area is 163 Å². The molecule has 1 atom stereocenters. The van der Waals surface area contributed by atoms with Crippen molar-refractivity contribution < 1.29 is 17.9 Å². The van der Waals surface area contributed by atoms with Crippen molar-refractivity contribution in [2.75, 3.05) is 38.6 Å². The summed E-state index contributed by atoms with van der Waals surface area (Å²) in [6, 6.07) is 10.2. The third-order valence-electron chi connectivity index (χ3n) is 4.65. The van der Waals surface area contributed by atoms with Gasteiger partial charge in [-0.3, -0.25) is 9.69 Å². The molecule has 0 aliphatic carbocycles. The van der Waals surface area contributed by atoms with Gasteiger partial charge >= 0.3 is 0 Å². The molecule has 1 aliphatic rings. The molecule has 2 aromatic rings. The predicted molar refractivity (Wildman–Crippen MR) is 106 cm³/mol. The van der Waals surface area contributed by atoms with Crippen molar-refractivity contribution in [3.05, 3.63) is 41.8 Å². The van der Waals surface area contributed by atoms with Crippen LogP contribution in [0, 0.1) is 0 Å². The quantitative estimate of drug-likeness (QED) is 0.790. The first-order valence-electron chi connectivity index (χ1n) is 8.65. The van der Waals surface area contributed by atoms with Gasteiger partial charge in [0.2, 0.25) is 5.91 Å².